The number of aromatic nitrogens is 2. The second kappa shape index (κ2) is 4.95. The number of hydrogen-bond acceptors (Lipinski definition) is 4. The highest BCUT2D eigenvalue weighted by Crippen LogP contribution is 2.24. The minimum Gasteiger partial charge on any atom is -0.481 e. The van der Waals surface area contributed by atoms with Crippen molar-refractivity contribution in [2.75, 3.05) is 18.5 Å². The molecule has 1 aromatic carbocycles. The van der Waals surface area contributed by atoms with Crippen LogP contribution in [0.1, 0.15) is 6.42 Å². The van der Waals surface area contributed by atoms with Gasteiger partial charge in [-0.1, -0.05) is 6.07 Å². The molecule has 5 nitrogen and oxygen atoms in total. The average molecular weight is 249 g/mol. The summed E-state index contributed by atoms with van der Waals surface area (Å²) < 4.78 is 13.8. The smallest absolute Gasteiger partial charge is 0.305 e. The fourth-order valence-electron chi connectivity index (χ4n) is 1.71. The molecule has 2 aromatic rings. The lowest BCUT2D eigenvalue weighted by Gasteiger charge is -2.18. The summed E-state index contributed by atoms with van der Waals surface area (Å²) in [5.74, 6) is -0.912. The number of rotatable bonds is 4. The molecule has 0 aliphatic carbocycles. The zero-order chi connectivity index (χ0) is 13.1. The van der Waals surface area contributed by atoms with Gasteiger partial charge in [0.25, 0.3) is 0 Å². The lowest BCUT2D eigenvalue weighted by Crippen LogP contribution is -2.22. The summed E-state index contributed by atoms with van der Waals surface area (Å²) in [6.07, 6.45) is 1.31. The molecular weight excluding hydrogens is 237 g/mol. The number of carboxylic acids is 1. The summed E-state index contributed by atoms with van der Waals surface area (Å²) in [7, 11) is 1.68. The molecule has 0 spiro atoms. The van der Waals surface area contributed by atoms with Crippen molar-refractivity contribution in [3.05, 3.63) is 30.3 Å². The first-order valence-corrected chi connectivity index (χ1v) is 5.41. The number of carbonyl (C=O) groups is 1. The van der Waals surface area contributed by atoms with E-state index in [2.05, 4.69) is 9.97 Å². The largest absolute Gasteiger partial charge is 0.481 e. The Balaban J connectivity index is 2.41. The number of hydrogen-bond donors (Lipinski definition) is 1. The van der Waals surface area contributed by atoms with Crippen molar-refractivity contribution in [2.45, 2.75) is 6.42 Å². The Morgan fingerprint density at radius 1 is 1.44 bits per heavy atom. The van der Waals surface area contributed by atoms with Crippen LogP contribution in [0.15, 0.2) is 24.5 Å². The standard InChI is InChI=1S/C12H12FN3O2/c1-16(6-5-10(17)18)12-11-8(13)3-2-4-9(11)14-7-15-12/h2-4,7H,5-6H2,1H3,(H,17,18). The maximum Gasteiger partial charge on any atom is 0.305 e. The average Bonchev–Trinajstić information content (AvgIpc) is 2.35. The first-order chi connectivity index (χ1) is 8.59. The number of fused-ring (bicyclic) bond motifs is 1. The third-order valence-corrected chi connectivity index (χ3v) is 2.61. The minimum absolute atomic E-state index is 0.0313. The van der Waals surface area contributed by atoms with Crippen LogP contribution in [-0.4, -0.2) is 34.6 Å². The Bertz CT molecular complexity index is 583. The molecule has 0 amide bonds. The van der Waals surface area contributed by atoms with Crippen molar-refractivity contribution in [3.8, 4) is 0 Å². The molecule has 1 heterocycles. The Morgan fingerprint density at radius 3 is 2.94 bits per heavy atom. The van der Waals surface area contributed by atoms with Crippen molar-refractivity contribution < 1.29 is 14.3 Å². The Kier molecular flexibility index (Phi) is 3.36. The summed E-state index contributed by atoms with van der Waals surface area (Å²) in [5.41, 5.74) is 0.502. The summed E-state index contributed by atoms with van der Waals surface area (Å²) in [6.45, 7) is 0.260. The number of nitrogens with zero attached hydrogens (tertiary/aromatic N) is 3. The molecule has 6 heteroatoms. The van der Waals surface area contributed by atoms with Gasteiger partial charge in [0, 0.05) is 13.6 Å². The number of benzene rings is 1. The van der Waals surface area contributed by atoms with E-state index in [9.17, 15) is 9.18 Å². The molecule has 0 saturated carbocycles. The predicted octanol–water partition coefficient (Wildman–Crippen LogP) is 1.68. The number of carboxylic acid groups (broad SMARTS) is 1. The molecule has 0 radical (unpaired) electrons. The molecule has 0 fully saturated rings. The van der Waals surface area contributed by atoms with Crippen molar-refractivity contribution in [2.24, 2.45) is 0 Å². The monoisotopic (exact) mass is 249 g/mol. The molecule has 0 bridgehead atoms. The van der Waals surface area contributed by atoms with Gasteiger partial charge in [-0.3, -0.25) is 4.79 Å². The van der Waals surface area contributed by atoms with Gasteiger partial charge in [-0.2, -0.15) is 0 Å². The van der Waals surface area contributed by atoms with Crippen LogP contribution in [0.2, 0.25) is 0 Å². The lowest BCUT2D eigenvalue weighted by molar-refractivity contribution is -0.136. The van der Waals surface area contributed by atoms with Crippen molar-refractivity contribution in [1.29, 1.82) is 0 Å². The molecule has 94 valence electrons. The number of aliphatic carboxylic acids is 1. The van der Waals surface area contributed by atoms with Gasteiger partial charge in [-0.25, -0.2) is 14.4 Å². The number of halogens is 1. The van der Waals surface area contributed by atoms with E-state index in [0.717, 1.165) is 0 Å². The molecule has 0 unspecified atom stereocenters. The quantitative estimate of drug-likeness (QED) is 0.893. The van der Waals surface area contributed by atoms with E-state index < -0.39 is 11.8 Å². The van der Waals surface area contributed by atoms with Gasteiger partial charge >= 0.3 is 5.97 Å². The van der Waals surface area contributed by atoms with E-state index in [1.807, 2.05) is 0 Å². The zero-order valence-electron chi connectivity index (χ0n) is 9.80. The molecule has 0 saturated heterocycles. The Hall–Kier alpha value is -2.24. The van der Waals surface area contributed by atoms with E-state index in [4.69, 9.17) is 5.11 Å². The SMILES string of the molecule is CN(CCC(=O)O)c1ncnc2cccc(F)c12. The van der Waals surface area contributed by atoms with Crippen LogP contribution in [0, 0.1) is 5.82 Å². The lowest BCUT2D eigenvalue weighted by atomic mass is 10.2. The maximum atomic E-state index is 13.8. The maximum absolute atomic E-state index is 13.8. The molecular formula is C12H12FN3O2. The minimum atomic E-state index is -0.902. The third kappa shape index (κ3) is 2.37. The van der Waals surface area contributed by atoms with E-state index in [1.54, 1.807) is 24.1 Å². The van der Waals surface area contributed by atoms with E-state index in [-0.39, 0.29) is 13.0 Å². The fraction of sp³-hybridized carbons (Fsp3) is 0.250. The van der Waals surface area contributed by atoms with Crippen LogP contribution in [0.5, 0.6) is 0 Å². The van der Waals surface area contributed by atoms with Gasteiger partial charge in [0.05, 0.1) is 17.3 Å². The van der Waals surface area contributed by atoms with Gasteiger partial charge in [0.1, 0.15) is 18.0 Å². The highest BCUT2D eigenvalue weighted by molar-refractivity contribution is 5.89. The first-order valence-electron chi connectivity index (χ1n) is 5.41. The van der Waals surface area contributed by atoms with Gasteiger partial charge < -0.3 is 10.0 Å². The van der Waals surface area contributed by atoms with Gasteiger partial charge in [0.2, 0.25) is 0 Å². The molecule has 1 aromatic heterocycles. The molecule has 0 aliphatic rings. The van der Waals surface area contributed by atoms with Crippen LogP contribution >= 0.6 is 0 Å². The zero-order valence-corrected chi connectivity index (χ0v) is 9.80. The molecule has 18 heavy (non-hydrogen) atoms. The van der Waals surface area contributed by atoms with Crippen molar-refractivity contribution in [3.63, 3.8) is 0 Å². The van der Waals surface area contributed by atoms with Crippen LogP contribution in [0.3, 0.4) is 0 Å². The van der Waals surface area contributed by atoms with E-state index in [1.165, 1.54) is 12.4 Å². The summed E-state index contributed by atoms with van der Waals surface area (Å²) in [6, 6.07) is 4.60. The molecule has 2 rings (SSSR count). The predicted molar refractivity (Wildman–Crippen MR) is 65.0 cm³/mol. The molecule has 1 N–H and O–H groups in total. The normalized spacial score (nSPS) is 10.6. The second-order valence-corrected chi connectivity index (χ2v) is 3.90. The summed E-state index contributed by atoms with van der Waals surface area (Å²) in [5, 5.41) is 8.96. The van der Waals surface area contributed by atoms with Crippen LogP contribution in [-0.2, 0) is 4.79 Å². The highest BCUT2D eigenvalue weighted by Gasteiger charge is 2.13. The third-order valence-electron chi connectivity index (χ3n) is 2.61. The van der Waals surface area contributed by atoms with Crippen molar-refractivity contribution in [1.82, 2.24) is 9.97 Å². The van der Waals surface area contributed by atoms with Crippen LogP contribution < -0.4 is 4.90 Å². The van der Waals surface area contributed by atoms with E-state index >= 15 is 0 Å². The Morgan fingerprint density at radius 2 is 2.22 bits per heavy atom. The number of anilines is 1. The van der Waals surface area contributed by atoms with E-state index in [0.29, 0.717) is 16.7 Å². The van der Waals surface area contributed by atoms with Crippen LogP contribution in [0.4, 0.5) is 10.2 Å². The highest BCUT2D eigenvalue weighted by atomic mass is 19.1. The van der Waals surface area contributed by atoms with Crippen molar-refractivity contribution >= 4 is 22.7 Å². The van der Waals surface area contributed by atoms with Gasteiger partial charge in [-0.15, -0.1) is 0 Å². The van der Waals surface area contributed by atoms with Gasteiger partial charge in [-0.05, 0) is 12.1 Å². The Labute approximate surface area is 103 Å². The van der Waals surface area contributed by atoms with Gasteiger partial charge in [0.15, 0.2) is 0 Å². The summed E-state index contributed by atoms with van der Waals surface area (Å²) in [4.78, 5) is 20.2. The van der Waals surface area contributed by atoms with Crippen LogP contribution in [0.25, 0.3) is 10.9 Å². The fourth-order valence-corrected chi connectivity index (χ4v) is 1.71. The molecule has 0 atom stereocenters. The second-order valence-electron chi connectivity index (χ2n) is 3.90. The summed E-state index contributed by atoms with van der Waals surface area (Å²) >= 11 is 0. The first kappa shape index (κ1) is 12.2. The molecule has 0 aliphatic heterocycles. The topological polar surface area (TPSA) is 66.3 Å².